The van der Waals surface area contributed by atoms with E-state index >= 15 is 0 Å². The summed E-state index contributed by atoms with van der Waals surface area (Å²) in [7, 11) is 0. The minimum absolute atomic E-state index is 1.04. The smallest absolute Gasteiger partial charge is 0.0366 e. The summed E-state index contributed by atoms with van der Waals surface area (Å²) in [6.07, 6.45) is 2.67. The zero-order valence-electron chi connectivity index (χ0n) is 7.03. The lowest BCUT2D eigenvalue weighted by molar-refractivity contribution is 0.949. The third kappa shape index (κ3) is 1.58. The molecule has 1 fully saturated rings. The normalized spacial score (nSPS) is 16.9. The average Bonchev–Trinajstić information content (AvgIpc) is 2.58. The largest absolute Gasteiger partial charge is 0.372 e. The Morgan fingerprint density at radius 2 is 1.58 bits per heavy atom. The van der Waals surface area contributed by atoms with E-state index in [0.717, 1.165) is 4.90 Å². The van der Waals surface area contributed by atoms with E-state index in [1.54, 1.807) is 0 Å². The SMILES string of the molecule is Sc1ccc(N2CCCC2)cc1. The molecule has 1 heterocycles. The molecule has 0 N–H and O–H groups in total. The summed E-state index contributed by atoms with van der Waals surface area (Å²) >= 11 is 4.26. The molecule has 0 spiro atoms. The second kappa shape index (κ2) is 3.40. The third-order valence-electron chi connectivity index (χ3n) is 2.32. The van der Waals surface area contributed by atoms with Crippen LogP contribution in [-0.2, 0) is 0 Å². The molecule has 1 aliphatic rings. The number of anilines is 1. The van der Waals surface area contributed by atoms with Crippen molar-refractivity contribution in [1.82, 2.24) is 0 Å². The lowest BCUT2D eigenvalue weighted by atomic mass is 10.3. The molecule has 0 amide bonds. The highest BCUT2D eigenvalue weighted by Crippen LogP contribution is 2.21. The molecule has 0 bridgehead atoms. The monoisotopic (exact) mass is 179 g/mol. The summed E-state index contributed by atoms with van der Waals surface area (Å²) in [5, 5.41) is 0. The molecule has 0 unspecified atom stereocenters. The van der Waals surface area contributed by atoms with E-state index in [0.29, 0.717) is 0 Å². The highest BCUT2D eigenvalue weighted by atomic mass is 32.1. The van der Waals surface area contributed by atoms with Gasteiger partial charge in [0, 0.05) is 23.7 Å². The fourth-order valence-corrected chi connectivity index (χ4v) is 1.79. The van der Waals surface area contributed by atoms with Crippen LogP contribution in [0.2, 0.25) is 0 Å². The molecule has 12 heavy (non-hydrogen) atoms. The highest BCUT2D eigenvalue weighted by Gasteiger charge is 2.10. The number of hydrogen-bond donors (Lipinski definition) is 1. The van der Waals surface area contributed by atoms with Crippen molar-refractivity contribution in [3.8, 4) is 0 Å². The summed E-state index contributed by atoms with van der Waals surface area (Å²) in [6.45, 7) is 2.43. The van der Waals surface area contributed by atoms with Crippen molar-refractivity contribution in [1.29, 1.82) is 0 Å². The fraction of sp³-hybridized carbons (Fsp3) is 0.400. The van der Waals surface area contributed by atoms with Crippen LogP contribution in [0.5, 0.6) is 0 Å². The Labute approximate surface area is 78.8 Å². The van der Waals surface area contributed by atoms with E-state index in [2.05, 4.69) is 41.8 Å². The van der Waals surface area contributed by atoms with Gasteiger partial charge in [0.15, 0.2) is 0 Å². The van der Waals surface area contributed by atoms with Crippen molar-refractivity contribution in [3.05, 3.63) is 24.3 Å². The molecule has 1 saturated heterocycles. The fourth-order valence-electron chi connectivity index (χ4n) is 1.64. The zero-order valence-corrected chi connectivity index (χ0v) is 7.93. The maximum absolute atomic E-state index is 4.26. The molecule has 0 atom stereocenters. The summed E-state index contributed by atoms with van der Waals surface area (Å²) in [5.74, 6) is 0. The molecule has 0 saturated carbocycles. The van der Waals surface area contributed by atoms with Crippen LogP contribution in [0, 0.1) is 0 Å². The van der Waals surface area contributed by atoms with E-state index in [1.807, 2.05) is 0 Å². The van der Waals surface area contributed by atoms with Crippen LogP contribution >= 0.6 is 12.6 Å². The van der Waals surface area contributed by atoms with Gasteiger partial charge in [0.25, 0.3) is 0 Å². The van der Waals surface area contributed by atoms with Gasteiger partial charge in [-0.05, 0) is 37.1 Å². The van der Waals surface area contributed by atoms with Crippen molar-refractivity contribution in [2.45, 2.75) is 17.7 Å². The van der Waals surface area contributed by atoms with Gasteiger partial charge in [-0.15, -0.1) is 12.6 Å². The molecule has 0 radical (unpaired) electrons. The second-order valence-corrected chi connectivity index (χ2v) is 3.73. The van der Waals surface area contributed by atoms with Crippen molar-refractivity contribution >= 4 is 18.3 Å². The first-order valence-electron chi connectivity index (χ1n) is 4.40. The van der Waals surface area contributed by atoms with E-state index in [9.17, 15) is 0 Å². The lowest BCUT2D eigenvalue weighted by Crippen LogP contribution is -2.17. The van der Waals surface area contributed by atoms with Gasteiger partial charge in [-0.1, -0.05) is 0 Å². The highest BCUT2D eigenvalue weighted by molar-refractivity contribution is 7.80. The Bertz CT molecular complexity index is 249. The van der Waals surface area contributed by atoms with E-state index in [-0.39, 0.29) is 0 Å². The van der Waals surface area contributed by atoms with E-state index < -0.39 is 0 Å². The first-order valence-corrected chi connectivity index (χ1v) is 4.85. The number of rotatable bonds is 1. The van der Waals surface area contributed by atoms with Gasteiger partial charge in [0.05, 0.1) is 0 Å². The van der Waals surface area contributed by atoms with Crippen LogP contribution in [0.15, 0.2) is 29.2 Å². The molecule has 1 aliphatic heterocycles. The molecule has 0 aliphatic carbocycles. The van der Waals surface area contributed by atoms with Crippen molar-refractivity contribution in [3.63, 3.8) is 0 Å². The maximum atomic E-state index is 4.26. The number of benzene rings is 1. The number of nitrogens with zero attached hydrogens (tertiary/aromatic N) is 1. The van der Waals surface area contributed by atoms with Gasteiger partial charge in [-0.25, -0.2) is 0 Å². The Balaban J connectivity index is 2.17. The van der Waals surface area contributed by atoms with Gasteiger partial charge < -0.3 is 4.90 Å². The first-order chi connectivity index (χ1) is 5.86. The van der Waals surface area contributed by atoms with Crippen LogP contribution < -0.4 is 4.90 Å². The van der Waals surface area contributed by atoms with Crippen LogP contribution in [0.4, 0.5) is 5.69 Å². The Morgan fingerprint density at radius 1 is 1.00 bits per heavy atom. The summed E-state index contributed by atoms with van der Waals surface area (Å²) in [4.78, 5) is 3.46. The van der Waals surface area contributed by atoms with Crippen LogP contribution in [0.25, 0.3) is 0 Å². The first kappa shape index (κ1) is 7.99. The molecule has 0 aromatic heterocycles. The molecule has 1 aromatic rings. The Kier molecular flexibility index (Phi) is 2.26. The lowest BCUT2D eigenvalue weighted by Gasteiger charge is -2.17. The summed E-state index contributed by atoms with van der Waals surface area (Å²) in [6, 6.07) is 8.40. The second-order valence-electron chi connectivity index (χ2n) is 3.21. The van der Waals surface area contributed by atoms with Gasteiger partial charge >= 0.3 is 0 Å². The third-order valence-corrected chi connectivity index (χ3v) is 2.62. The molecular weight excluding hydrogens is 166 g/mol. The van der Waals surface area contributed by atoms with Gasteiger partial charge in [0.2, 0.25) is 0 Å². The quantitative estimate of drug-likeness (QED) is 0.648. The van der Waals surface area contributed by atoms with Crippen molar-refractivity contribution < 1.29 is 0 Å². The van der Waals surface area contributed by atoms with E-state index in [1.165, 1.54) is 31.6 Å². The zero-order chi connectivity index (χ0) is 8.39. The standard InChI is InChI=1S/C10H13NS/c12-10-5-3-9(4-6-10)11-7-1-2-8-11/h3-6,12H,1-2,7-8H2. The van der Waals surface area contributed by atoms with Gasteiger partial charge in [-0.2, -0.15) is 0 Å². The van der Waals surface area contributed by atoms with Crippen LogP contribution in [0.3, 0.4) is 0 Å². The minimum Gasteiger partial charge on any atom is -0.372 e. The van der Waals surface area contributed by atoms with Gasteiger partial charge in [0.1, 0.15) is 0 Å². The minimum atomic E-state index is 1.04. The topological polar surface area (TPSA) is 3.24 Å². The summed E-state index contributed by atoms with van der Waals surface area (Å²) < 4.78 is 0. The van der Waals surface area contributed by atoms with E-state index in [4.69, 9.17) is 0 Å². The molecule has 1 nitrogen and oxygen atoms in total. The number of thiol groups is 1. The average molecular weight is 179 g/mol. The predicted molar refractivity (Wildman–Crippen MR) is 55.1 cm³/mol. The van der Waals surface area contributed by atoms with Gasteiger partial charge in [-0.3, -0.25) is 0 Å². The predicted octanol–water partition coefficient (Wildman–Crippen LogP) is 2.58. The molecular formula is C10H13NS. The number of hydrogen-bond acceptors (Lipinski definition) is 2. The van der Waals surface area contributed by atoms with Crippen LogP contribution in [0.1, 0.15) is 12.8 Å². The Hall–Kier alpha value is -0.630. The van der Waals surface area contributed by atoms with Crippen molar-refractivity contribution in [2.75, 3.05) is 18.0 Å². The van der Waals surface area contributed by atoms with Crippen molar-refractivity contribution in [2.24, 2.45) is 0 Å². The molecule has 2 rings (SSSR count). The molecule has 1 aromatic carbocycles. The molecule has 2 heteroatoms. The Morgan fingerprint density at radius 3 is 2.17 bits per heavy atom. The summed E-state index contributed by atoms with van der Waals surface area (Å²) in [5.41, 5.74) is 1.34. The molecule has 64 valence electrons. The van der Waals surface area contributed by atoms with Crippen LogP contribution in [-0.4, -0.2) is 13.1 Å². The maximum Gasteiger partial charge on any atom is 0.0366 e.